The van der Waals surface area contributed by atoms with Crippen LogP contribution in [0, 0.1) is 20.8 Å². The average Bonchev–Trinajstić information content (AvgIpc) is 2.58. The fraction of sp³-hybridized carbons (Fsp3) is 0.318. The third-order valence-corrected chi connectivity index (χ3v) is 3.92. The molecule has 1 amide bonds. The first-order chi connectivity index (χ1) is 12.4. The second kappa shape index (κ2) is 9.09. The molecule has 0 aliphatic heterocycles. The van der Waals surface area contributed by atoms with Crippen molar-refractivity contribution < 1.29 is 14.3 Å². The van der Waals surface area contributed by atoms with E-state index in [-0.39, 0.29) is 5.91 Å². The molecule has 0 aromatic heterocycles. The van der Waals surface area contributed by atoms with Crippen molar-refractivity contribution in [2.45, 2.75) is 34.6 Å². The Kier molecular flexibility index (Phi) is 6.84. The molecule has 2 rings (SSSR count). The second-order valence-electron chi connectivity index (χ2n) is 6.17. The second-order valence-corrected chi connectivity index (χ2v) is 6.17. The number of anilines is 1. The molecule has 2 aromatic rings. The van der Waals surface area contributed by atoms with E-state index in [1.807, 2.05) is 52.8 Å². The summed E-state index contributed by atoms with van der Waals surface area (Å²) in [5.41, 5.74) is 5.05. The maximum Gasteiger partial charge on any atom is 0.248 e. The molecule has 0 spiro atoms. The fourth-order valence-corrected chi connectivity index (χ4v) is 2.89. The predicted octanol–water partition coefficient (Wildman–Crippen LogP) is 5.06. The van der Waals surface area contributed by atoms with Crippen molar-refractivity contribution in [1.82, 2.24) is 0 Å². The van der Waals surface area contributed by atoms with Crippen LogP contribution in [-0.4, -0.2) is 19.1 Å². The summed E-state index contributed by atoms with van der Waals surface area (Å²) in [7, 11) is 0. The van der Waals surface area contributed by atoms with Gasteiger partial charge >= 0.3 is 0 Å². The fourth-order valence-electron chi connectivity index (χ4n) is 2.89. The highest BCUT2D eigenvalue weighted by molar-refractivity contribution is 6.02. The van der Waals surface area contributed by atoms with Crippen molar-refractivity contribution in [1.29, 1.82) is 0 Å². The number of aryl methyl sites for hydroxylation is 3. The van der Waals surface area contributed by atoms with E-state index in [0.717, 1.165) is 22.4 Å². The van der Waals surface area contributed by atoms with E-state index in [1.165, 1.54) is 11.6 Å². The molecule has 0 aliphatic carbocycles. The largest absolute Gasteiger partial charge is 0.490 e. The highest BCUT2D eigenvalue weighted by Gasteiger charge is 2.07. The van der Waals surface area contributed by atoms with E-state index in [2.05, 4.69) is 17.4 Å². The van der Waals surface area contributed by atoms with E-state index < -0.39 is 0 Å². The van der Waals surface area contributed by atoms with Crippen LogP contribution >= 0.6 is 0 Å². The summed E-state index contributed by atoms with van der Waals surface area (Å²) in [6.45, 7) is 11.0. The van der Waals surface area contributed by atoms with Crippen molar-refractivity contribution in [3.05, 3.63) is 58.7 Å². The van der Waals surface area contributed by atoms with Gasteiger partial charge in [0.05, 0.1) is 13.2 Å². The Balaban J connectivity index is 2.14. The van der Waals surface area contributed by atoms with Crippen LogP contribution in [0.4, 0.5) is 5.69 Å². The molecular weight excluding hydrogens is 326 g/mol. The normalized spacial score (nSPS) is 10.8. The minimum atomic E-state index is -0.160. The zero-order valence-electron chi connectivity index (χ0n) is 16.2. The Hall–Kier alpha value is -2.75. The van der Waals surface area contributed by atoms with E-state index in [4.69, 9.17) is 9.47 Å². The first-order valence-corrected chi connectivity index (χ1v) is 8.91. The molecule has 138 valence electrons. The topological polar surface area (TPSA) is 47.6 Å². The van der Waals surface area contributed by atoms with Crippen LogP contribution in [0.5, 0.6) is 11.5 Å². The van der Waals surface area contributed by atoms with Crippen molar-refractivity contribution in [3.8, 4) is 11.5 Å². The number of rotatable bonds is 7. The average molecular weight is 353 g/mol. The molecule has 0 bridgehead atoms. The molecule has 0 atom stereocenters. The van der Waals surface area contributed by atoms with Gasteiger partial charge in [0.1, 0.15) is 0 Å². The van der Waals surface area contributed by atoms with Crippen LogP contribution in [0.2, 0.25) is 0 Å². The molecule has 4 nitrogen and oxygen atoms in total. The monoisotopic (exact) mass is 353 g/mol. The zero-order chi connectivity index (χ0) is 19.1. The molecule has 0 radical (unpaired) electrons. The van der Waals surface area contributed by atoms with Gasteiger partial charge in [-0.25, -0.2) is 0 Å². The van der Waals surface area contributed by atoms with Gasteiger partial charge in [0, 0.05) is 11.8 Å². The SMILES string of the molecule is CCOc1ccc(/C=C/C(=O)Nc2c(C)cc(C)cc2C)cc1OCC. The molecular formula is C22H27NO3. The van der Waals surface area contributed by atoms with Gasteiger partial charge in [-0.15, -0.1) is 0 Å². The molecule has 0 unspecified atom stereocenters. The Morgan fingerprint density at radius 2 is 1.58 bits per heavy atom. The number of amides is 1. The van der Waals surface area contributed by atoms with Crippen molar-refractivity contribution in [2.75, 3.05) is 18.5 Å². The maximum absolute atomic E-state index is 12.3. The summed E-state index contributed by atoms with van der Waals surface area (Å²) in [6.07, 6.45) is 3.30. The highest BCUT2D eigenvalue weighted by Crippen LogP contribution is 2.29. The standard InChI is InChI=1S/C22H27NO3/c1-6-25-19-10-8-18(14-20(19)26-7-2)9-11-21(24)23-22-16(4)12-15(3)13-17(22)5/h8-14H,6-7H2,1-5H3,(H,23,24)/b11-9+. The summed E-state index contributed by atoms with van der Waals surface area (Å²) >= 11 is 0. The van der Waals surface area contributed by atoms with Gasteiger partial charge in [-0.05, 0) is 69.5 Å². The number of nitrogens with one attached hydrogen (secondary N) is 1. The van der Waals surface area contributed by atoms with Gasteiger partial charge in [-0.1, -0.05) is 23.8 Å². The first kappa shape index (κ1) is 19.6. The number of ether oxygens (including phenoxy) is 2. The van der Waals surface area contributed by atoms with Gasteiger partial charge in [-0.3, -0.25) is 4.79 Å². The molecule has 0 saturated heterocycles. The van der Waals surface area contributed by atoms with Gasteiger partial charge in [-0.2, -0.15) is 0 Å². The molecule has 0 saturated carbocycles. The van der Waals surface area contributed by atoms with Crippen LogP contribution in [0.15, 0.2) is 36.4 Å². The van der Waals surface area contributed by atoms with E-state index in [0.29, 0.717) is 24.7 Å². The van der Waals surface area contributed by atoms with Crippen molar-refractivity contribution in [2.24, 2.45) is 0 Å². The van der Waals surface area contributed by atoms with E-state index >= 15 is 0 Å². The number of carbonyl (C=O) groups is 1. The summed E-state index contributed by atoms with van der Waals surface area (Å²) in [4.78, 5) is 12.3. The minimum Gasteiger partial charge on any atom is -0.490 e. The van der Waals surface area contributed by atoms with Crippen molar-refractivity contribution >= 4 is 17.7 Å². The molecule has 0 heterocycles. The van der Waals surface area contributed by atoms with E-state index in [9.17, 15) is 4.79 Å². The van der Waals surface area contributed by atoms with Gasteiger partial charge in [0.15, 0.2) is 11.5 Å². The van der Waals surface area contributed by atoms with Crippen LogP contribution < -0.4 is 14.8 Å². The Labute approximate surface area is 155 Å². The Bertz CT molecular complexity index is 786. The highest BCUT2D eigenvalue weighted by atomic mass is 16.5. The molecule has 26 heavy (non-hydrogen) atoms. The van der Waals surface area contributed by atoms with Crippen LogP contribution in [0.1, 0.15) is 36.1 Å². The van der Waals surface area contributed by atoms with Gasteiger partial charge in [0.2, 0.25) is 5.91 Å². The van der Waals surface area contributed by atoms with Gasteiger partial charge in [0.25, 0.3) is 0 Å². The maximum atomic E-state index is 12.3. The molecule has 1 N–H and O–H groups in total. The number of carbonyl (C=O) groups excluding carboxylic acids is 1. The smallest absolute Gasteiger partial charge is 0.248 e. The Morgan fingerprint density at radius 1 is 0.962 bits per heavy atom. The summed E-state index contributed by atoms with van der Waals surface area (Å²) < 4.78 is 11.2. The third-order valence-electron chi connectivity index (χ3n) is 3.92. The van der Waals surface area contributed by atoms with E-state index in [1.54, 1.807) is 6.08 Å². The molecule has 4 heteroatoms. The lowest BCUT2D eigenvalue weighted by molar-refractivity contribution is -0.111. The van der Waals surface area contributed by atoms with Crippen LogP contribution in [0.25, 0.3) is 6.08 Å². The van der Waals surface area contributed by atoms with Crippen LogP contribution in [-0.2, 0) is 4.79 Å². The quantitative estimate of drug-likeness (QED) is 0.708. The predicted molar refractivity (Wildman–Crippen MR) is 107 cm³/mol. The summed E-state index contributed by atoms with van der Waals surface area (Å²) in [6, 6.07) is 9.76. The number of benzene rings is 2. The lowest BCUT2D eigenvalue weighted by Crippen LogP contribution is -2.10. The Morgan fingerprint density at radius 3 is 2.19 bits per heavy atom. The first-order valence-electron chi connectivity index (χ1n) is 8.91. The lowest BCUT2D eigenvalue weighted by Gasteiger charge is -2.12. The zero-order valence-corrected chi connectivity index (χ0v) is 16.2. The van der Waals surface area contributed by atoms with Crippen molar-refractivity contribution in [3.63, 3.8) is 0 Å². The van der Waals surface area contributed by atoms with Crippen LogP contribution in [0.3, 0.4) is 0 Å². The molecule has 2 aromatic carbocycles. The lowest BCUT2D eigenvalue weighted by atomic mass is 10.1. The van der Waals surface area contributed by atoms with Gasteiger partial charge < -0.3 is 14.8 Å². The number of hydrogen-bond acceptors (Lipinski definition) is 3. The minimum absolute atomic E-state index is 0.160. The summed E-state index contributed by atoms with van der Waals surface area (Å²) in [5.74, 6) is 1.23. The third kappa shape index (κ3) is 5.12. The number of hydrogen-bond donors (Lipinski definition) is 1. The molecule has 0 fully saturated rings. The molecule has 0 aliphatic rings. The summed E-state index contributed by atoms with van der Waals surface area (Å²) in [5, 5.41) is 2.97.